The molecule has 0 unspecified atom stereocenters. The molecule has 0 bridgehead atoms. The Bertz CT molecular complexity index is 3330. The molecule has 0 aliphatic carbocycles. The summed E-state index contributed by atoms with van der Waals surface area (Å²) in [5.74, 6) is 0. The standard InChI is InChI=1S/C36H30NP2.2C13H13P.C2H3N.H3O9P3.Pt/c1-7-19-31(20-8-1)38(32-21-9-2-10-22-32,33-23-11-3-12-24-33)37-39(34-25-13-4-14-26-34,35-27-15-5-16-28-35)36-29-17-6-18-30-36;2*1-14(12-8-4-2-5-9-12)13-10-6-3-7-11-13;1-2-3;1-10(2)7-11(3,4)9-12(5,6)8-10;/h1-30H;2*2-11H,1H3;1H3;(H,1,2)(H,3,4)(H,5,6);/q+1;;;;;+2/p-1. The molecule has 424 valence electrons. The van der Waals surface area contributed by atoms with Gasteiger partial charge in [0, 0.05) is 22.8 Å². The van der Waals surface area contributed by atoms with Gasteiger partial charge in [0.15, 0.2) is 0 Å². The van der Waals surface area contributed by atoms with E-state index < -0.39 is 53.8 Å². The van der Waals surface area contributed by atoms with Crippen LogP contribution in [-0.2, 0) is 47.7 Å². The molecule has 1 saturated heterocycles. The number of nitriles is 1. The number of rotatable bonds is 11. The summed E-state index contributed by atoms with van der Waals surface area (Å²) in [6.45, 7) is 6.12. The summed E-state index contributed by atoms with van der Waals surface area (Å²) in [4.78, 5) is 30.7. The topological polar surface area (TPSA) is 184 Å². The first kappa shape index (κ1) is 66.5. The van der Waals surface area contributed by atoms with Crippen LogP contribution in [0.25, 0.3) is 0 Å². The van der Waals surface area contributed by atoms with Crippen molar-refractivity contribution in [2.75, 3.05) is 13.3 Å². The first-order valence-corrected chi connectivity index (χ1v) is 37.6. The largest absolute Gasteiger partial charge is 2.00 e. The molecule has 0 spiro atoms. The molecule has 0 saturated carbocycles. The molecule has 19 heteroatoms. The maximum Gasteiger partial charge on any atom is 2.00 e. The molecule has 0 aromatic heterocycles. The predicted octanol–water partition coefficient (Wildman–Crippen LogP) is 11.0. The van der Waals surface area contributed by atoms with Gasteiger partial charge in [-0.05, 0) is 84.9 Å². The Morgan fingerprint density at radius 1 is 0.373 bits per heavy atom. The molecule has 0 radical (unpaired) electrons. The van der Waals surface area contributed by atoms with Crippen LogP contribution >= 0.6 is 53.8 Å². The quantitative estimate of drug-likeness (QED) is 0.113. The summed E-state index contributed by atoms with van der Waals surface area (Å²) in [6.07, 6.45) is 0. The van der Waals surface area contributed by atoms with Gasteiger partial charge in [0.05, 0.1) is 56.5 Å². The minimum Gasteiger partial charge on any atom is -0.756 e. The van der Waals surface area contributed by atoms with Gasteiger partial charge in [-0.15, -0.1) is 4.52 Å². The van der Waals surface area contributed by atoms with Crippen molar-refractivity contribution < 1.29 is 62.4 Å². The second kappa shape index (κ2) is 32.6. The van der Waals surface area contributed by atoms with Crippen LogP contribution in [-0.4, -0.2) is 13.3 Å². The molecular formula is C64H61N2O9P7Pt+2. The van der Waals surface area contributed by atoms with Crippen LogP contribution in [0.5, 0.6) is 0 Å². The van der Waals surface area contributed by atoms with E-state index >= 15 is 0 Å². The number of benzene rings is 10. The Hall–Kier alpha value is -5.65. The molecule has 11 rings (SSSR count). The molecule has 0 N–H and O–H groups in total. The first-order valence-electron chi connectivity index (χ1n) is 25.8. The van der Waals surface area contributed by atoms with Crippen LogP contribution in [0.15, 0.2) is 308 Å². The Labute approximate surface area is 505 Å². The second-order valence-corrected chi connectivity index (χ2v) is 33.7. The van der Waals surface area contributed by atoms with Crippen LogP contribution in [0.4, 0.5) is 0 Å². The molecule has 10 aromatic rings. The summed E-state index contributed by atoms with van der Waals surface area (Å²) >= 11 is 0. The van der Waals surface area contributed by atoms with E-state index in [4.69, 9.17) is 9.78 Å². The molecular weight excluding hydrogens is 1350 g/mol. The van der Waals surface area contributed by atoms with Crippen molar-refractivity contribution in [1.29, 1.82) is 5.26 Å². The molecule has 10 aromatic carbocycles. The summed E-state index contributed by atoms with van der Waals surface area (Å²) in [5.41, 5.74) is 0. The van der Waals surface area contributed by atoms with Crippen molar-refractivity contribution in [3.05, 3.63) is 303 Å². The van der Waals surface area contributed by atoms with Crippen molar-refractivity contribution >= 4 is 107 Å². The Morgan fingerprint density at radius 2 is 0.542 bits per heavy atom. The number of nitrogens with zero attached hydrogens (tertiary/aromatic N) is 2. The van der Waals surface area contributed by atoms with Crippen molar-refractivity contribution in [2.45, 2.75) is 6.92 Å². The van der Waals surface area contributed by atoms with Crippen molar-refractivity contribution in [3.63, 3.8) is 0 Å². The Morgan fingerprint density at radius 3 is 0.735 bits per heavy atom. The number of hydrogen-bond donors (Lipinski definition) is 0. The minimum atomic E-state index is -5.36. The number of phosphoric acid groups is 3. The third-order valence-electron chi connectivity index (χ3n) is 12.5. The molecule has 1 aliphatic rings. The third-order valence-corrected chi connectivity index (χ3v) is 30.5. The average Bonchev–Trinajstić information content (AvgIpc) is 3.55. The van der Waals surface area contributed by atoms with E-state index in [0.29, 0.717) is 0 Å². The van der Waals surface area contributed by atoms with E-state index in [-0.39, 0.29) is 21.1 Å². The minimum absolute atomic E-state index is 0. The van der Waals surface area contributed by atoms with Gasteiger partial charge in [-0.2, -0.15) is 5.26 Å². The van der Waals surface area contributed by atoms with Crippen LogP contribution in [0.3, 0.4) is 0 Å². The normalized spacial score (nSPS) is 17.0. The fourth-order valence-corrected chi connectivity index (χ4v) is 25.8. The zero-order valence-corrected chi connectivity index (χ0v) is 54.2. The Kier molecular flexibility index (Phi) is 26.1. The van der Waals surface area contributed by atoms with E-state index in [2.05, 4.69) is 330 Å². The second-order valence-electron chi connectivity index (χ2n) is 17.9. The SMILES string of the molecule is CC#N.C[PH+](c1ccccc1)c1ccccc1.C[PH+](c1ccccc1)c1ccccc1.O=P1([O-])OP(=O)([O-])OP(=O)([O-])O1.[Pt+2].c1ccc(P(=N[P+](c2ccccc2)(c2ccccc2)c2ccccc2)(c2ccccc2)c2ccccc2)cc1. The van der Waals surface area contributed by atoms with E-state index in [1.807, 2.05) is 0 Å². The Balaban J connectivity index is 0.000000205. The van der Waals surface area contributed by atoms with Crippen LogP contribution in [0, 0.1) is 11.3 Å². The van der Waals surface area contributed by atoms with E-state index in [1.54, 1.807) is 6.07 Å². The van der Waals surface area contributed by atoms with Crippen LogP contribution in [0.2, 0.25) is 0 Å². The van der Waals surface area contributed by atoms with Crippen molar-refractivity contribution in [3.8, 4) is 6.07 Å². The third kappa shape index (κ3) is 18.7. The molecule has 1 aliphatic heterocycles. The van der Waals surface area contributed by atoms with Gasteiger partial charge >= 0.3 is 21.1 Å². The zero-order valence-electron chi connectivity index (χ0n) is 45.5. The molecule has 83 heavy (non-hydrogen) atoms. The van der Waals surface area contributed by atoms with Gasteiger partial charge in [0.2, 0.25) is 7.41 Å². The maximum atomic E-state index is 10.2. The van der Waals surface area contributed by atoms with Gasteiger partial charge in [-0.25, -0.2) is 12.9 Å². The summed E-state index contributed by atoms with van der Waals surface area (Å²) < 4.78 is 46.6. The first-order chi connectivity index (χ1) is 39.6. The van der Waals surface area contributed by atoms with Gasteiger partial charge in [0.25, 0.3) is 23.5 Å². The summed E-state index contributed by atoms with van der Waals surface area (Å²) in [5, 5.41) is 20.8. The van der Waals surface area contributed by atoms with Crippen LogP contribution in [0.1, 0.15) is 6.92 Å². The molecule has 0 atom stereocenters. The fraction of sp³-hybridized carbons (Fsp3) is 0.0469. The molecule has 0 amide bonds. The van der Waals surface area contributed by atoms with Gasteiger partial charge in [-0.3, -0.25) is 13.7 Å². The van der Waals surface area contributed by atoms with E-state index in [9.17, 15) is 28.4 Å². The van der Waals surface area contributed by atoms with Gasteiger partial charge < -0.3 is 14.7 Å². The average molecular weight is 1410 g/mol. The summed E-state index contributed by atoms with van der Waals surface area (Å²) in [6, 6.07) is 110. The predicted molar refractivity (Wildman–Crippen MR) is 343 cm³/mol. The van der Waals surface area contributed by atoms with Crippen LogP contribution < -0.4 is 67.7 Å². The fourth-order valence-electron chi connectivity index (χ4n) is 8.77. The molecule has 1 heterocycles. The smallest absolute Gasteiger partial charge is 0.756 e. The van der Waals surface area contributed by atoms with E-state index in [1.165, 1.54) is 60.0 Å². The molecule has 1 fully saturated rings. The van der Waals surface area contributed by atoms with Crippen molar-refractivity contribution in [2.24, 2.45) is 4.52 Å². The van der Waals surface area contributed by atoms with E-state index in [0.717, 1.165) is 0 Å². The zero-order chi connectivity index (χ0) is 58.3. The number of hydrogen-bond acceptors (Lipinski definition) is 11. The summed E-state index contributed by atoms with van der Waals surface area (Å²) in [7, 11) is -22.2. The maximum absolute atomic E-state index is 10.2. The van der Waals surface area contributed by atoms with Gasteiger partial charge in [-0.1, -0.05) is 218 Å². The molecule has 11 nitrogen and oxygen atoms in total. The van der Waals surface area contributed by atoms with Crippen molar-refractivity contribution in [1.82, 2.24) is 0 Å². The monoisotopic (exact) mass is 1410 g/mol. The van der Waals surface area contributed by atoms with Gasteiger partial charge in [0.1, 0.15) is 23.0 Å².